The molecular formula is C14H16N4. The monoisotopic (exact) mass is 240 g/mol. The number of rotatable bonds is 4. The van der Waals surface area contributed by atoms with Gasteiger partial charge in [-0.25, -0.2) is 0 Å². The highest BCUT2D eigenvalue weighted by Gasteiger charge is 2.12. The van der Waals surface area contributed by atoms with E-state index in [1.165, 1.54) is 0 Å². The van der Waals surface area contributed by atoms with Gasteiger partial charge in [0.15, 0.2) is 0 Å². The molecule has 0 bridgehead atoms. The summed E-state index contributed by atoms with van der Waals surface area (Å²) in [4.78, 5) is 0. The van der Waals surface area contributed by atoms with Crippen molar-refractivity contribution in [3.05, 3.63) is 53.3 Å². The van der Waals surface area contributed by atoms with Crippen LogP contribution in [0.5, 0.6) is 0 Å². The molecule has 2 rings (SSSR count). The first-order chi connectivity index (χ1) is 8.70. The van der Waals surface area contributed by atoms with Gasteiger partial charge in [-0.05, 0) is 31.5 Å². The van der Waals surface area contributed by atoms with Crippen molar-refractivity contribution in [2.75, 3.05) is 0 Å². The van der Waals surface area contributed by atoms with Crippen LogP contribution in [0.4, 0.5) is 0 Å². The minimum absolute atomic E-state index is 0.184. The van der Waals surface area contributed by atoms with Crippen LogP contribution >= 0.6 is 0 Å². The molecule has 92 valence electrons. The minimum Gasteiger partial charge on any atom is -0.304 e. The summed E-state index contributed by atoms with van der Waals surface area (Å²) in [5, 5.41) is 19.1. The first-order valence-corrected chi connectivity index (χ1v) is 5.95. The Bertz CT molecular complexity index is 539. The topological polar surface area (TPSA) is 64.5 Å². The molecule has 2 aromatic rings. The van der Waals surface area contributed by atoms with Crippen LogP contribution in [0.15, 0.2) is 36.7 Å². The lowest BCUT2D eigenvalue weighted by molar-refractivity contribution is 0.495. The average Bonchev–Trinajstić information content (AvgIpc) is 2.92. The van der Waals surface area contributed by atoms with E-state index in [4.69, 9.17) is 5.26 Å². The molecule has 0 saturated heterocycles. The van der Waals surface area contributed by atoms with Crippen LogP contribution in [0.2, 0.25) is 0 Å². The van der Waals surface area contributed by atoms with Crippen molar-refractivity contribution in [1.82, 2.24) is 15.5 Å². The van der Waals surface area contributed by atoms with Crippen LogP contribution in [0.1, 0.15) is 42.6 Å². The maximum absolute atomic E-state index is 8.89. The second kappa shape index (κ2) is 5.48. The molecule has 1 aromatic carbocycles. The smallest absolute Gasteiger partial charge is 0.0991 e. The fourth-order valence-corrected chi connectivity index (χ4v) is 1.94. The van der Waals surface area contributed by atoms with Gasteiger partial charge in [-0.2, -0.15) is 10.4 Å². The molecule has 0 saturated carbocycles. The Labute approximate surface area is 107 Å². The van der Waals surface area contributed by atoms with Gasteiger partial charge >= 0.3 is 0 Å². The lowest BCUT2D eigenvalue weighted by Crippen LogP contribution is -2.22. The van der Waals surface area contributed by atoms with Gasteiger partial charge < -0.3 is 5.32 Å². The quantitative estimate of drug-likeness (QED) is 0.863. The van der Waals surface area contributed by atoms with Gasteiger partial charge in [0.2, 0.25) is 0 Å². The minimum atomic E-state index is 0.184. The predicted octanol–water partition coefficient (Wildman–Crippen LogP) is 2.69. The van der Waals surface area contributed by atoms with E-state index < -0.39 is 0 Å². The molecule has 0 aliphatic carbocycles. The summed E-state index contributed by atoms with van der Waals surface area (Å²) in [7, 11) is 0. The molecule has 0 amide bonds. The van der Waals surface area contributed by atoms with E-state index >= 15 is 0 Å². The molecule has 0 spiro atoms. The SMILES string of the molecule is CC(NC(C)c1cccc(C#N)c1)c1cn[nH]c1. The van der Waals surface area contributed by atoms with E-state index in [-0.39, 0.29) is 12.1 Å². The summed E-state index contributed by atoms with van der Waals surface area (Å²) >= 11 is 0. The van der Waals surface area contributed by atoms with E-state index in [2.05, 4.69) is 35.4 Å². The fraction of sp³-hybridized carbons (Fsp3) is 0.286. The van der Waals surface area contributed by atoms with Gasteiger partial charge in [-0.3, -0.25) is 5.10 Å². The van der Waals surface area contributed by atoms with Crippen LogP contribution in [0, 0.1) is 11.3 Å². The molecule has 18 heavy (non-hydrogen) atoms. The Kier molecular flexibility index (Phi) is 3.75. The summed E-state index contributed by atoms with van der Waals surface area (Å²) in [6, 6.07) is 10.2. The van der Waals surface area contributed by atoms with E-state index in [0.29, 0.717) is 5.56 Å². The van der Waals surface area contributed by atoms with Gasteiger partial charge in [0.25, 0.3) is 0 Å². The fourth-order valence-electron chi connectivity index (χ4n) is 1.94. The molecule has 2 N–H and O–H groups in total. The Morgan fingerprint density at radius 2 is 2.06 bits per heavy atom. The second-order valence-corrected chi connectivity index (χ2v) is 4.38. The van der Waals surface area contributed by atoms with Crippen LogP contribution in [0.25, 0.3) is 0 Å². The highest BCUT2D eigenvalue weighted by molar-refractivity contribution is 5.34. The van der Waals surface area contributed by atoms with E-state index in [9.17, 15) is 0 Å². The average molecular weight is 240 g/mol. The molecule has 4 nitrogen and oxygen atoms in total. The van der Waals surface area contributed by atoms with Crippen LogP contribution in [-0.4, -0.2) is 10.2 Å². The summed E-state index contributed by atoms with van der Waals surface area (Å²) in [6.07, 6.45) is 3.70. The van der Waals surface area contributed by atoms with Gasteiger partial charge in [-0.15, -0.1) is 0 Å². The Morgan fingerprint density at radius 3 is 2.72 bits per heavy atom. The number of aromatic nitrogens is 2. The highest BCUT2D eigenvalue weighted by atomic mass is 15.1. The maximum atomic E-state index is 8.89. The zero-order valence-corrected chi connectivity index (χ0v) is 10.5. The Balaban J connectivity index is 2.07. The van der Waals surface area contributed by atoms with Crippen molar-refractivity contribution in [2.24, 2.45) is 0 Å². The third kappa shape index (κ3) is 2.76. The molecule has 0 radical (unpaired) electrons. The molecule has 0 fully saturated rings. The first kappa shape index (κ1) is 12.3. The lowest BCUT2D eigenvalue weighted by Gasteiger charge is -2.19. The molecule has 2 atom stereocenters. The third-order valence-corrected chi connectivity index (χ3v) is 3.04. The van der Waals surface area contributed by atoms with Gasteiger partial charge in [0.1, 0.15) is 0 Å². The largest absolute Gasteiger partial charge is 0.304 e. The highest BCUT2D eigenvalue weighted by Crippen LogP contribution is 2.19. The van der Waals surface area contributed by atoms with E-state index in [0.717, 1.165) is 11.1 Å². The van der Waals surface area contributed by atoms with Crippen LogP contribution < -0.4 is 5.32 Å². The number of hydrogen-bond acceptors (Lipinski definition) is 3. The van der Waals surface area contributed by atoms with Crippen molar-refractivity contribution in [3.8, 4) is 6.07 Å². The normalized spacial score (nSPS) is 13.8. The number of hydrogen-bond donors (Lipinski definition) is 2. The third-order valence-electron chi connectivity index (χ3n) is 3.04. The van der Waals surface area contributed by atoms with Crippen molar-refractivity contribution in [1.29, 1.82) is 5.26 Å². The van der Waals surface area contributed by atoms with Gasteiger partial charge in [0.05, 0.1) is 17.8 Å². The molecular weight excluding hydrogens is 224 g/mol. The van der Waals surface area contributed by atoms with Crippen molar-refractivity contribution in [3.63, 3.8) is 0 Å². The molecule has 2 unspecified atom stereocenters. The number of aromatic amines is 1. The summed E-state index contributed by atoms with van der Waals surface area (Å²) in [5.41, 5.74) is 2.93. The maximum Gasteiger partial charge on any atom is 0.0991 e. The number of nitrogens with one attached hydrogen (secondary N) is 2. The van der Waals surface area contributed by atoms with Crippen molar-refractivity contribution >= 4 is 0 Å². The summed E-state index contributed by atoms with van der Waals surface area (Å²) < 4.78 is 0. The molecule has 1 aromatic heterocycles. The predicted molar refractivity (Wildman–Crippen MR) is 69.7 cm³/mol. The zero-order valence-electron chi connectivity index (χ0n) is 10.5. The van der Waals surface area contributed by atoms with Gasteiger partial charge in [-0.1, -0.05) is 12.1 Å². The van der Waals surface area contributed by atoms with Crippen molar-refractivity contribution in [2.45, 2.75) is 25.9 Å². The lowest BCUT2D eigenvalue weighted by atomic mass is 10.0. The van der Waals surface area contributed by atoms with Crippen LogP contribution in [0.3, 0.4) is 0 Å². The summed E-state index contributed by atoms with van der Waals surface area (Å²) in [6.45, 7) is 4.18. The molecule has 4 heteroatoms. The number of nitrogens with zero attached hydrogens (tertiary/aromatic N) is 2. The number of H-pyrrole nitrogens is 1. The Morgan fingerprint density at radius 1 is 1.28 bits per heavy atom. The molecule has 0 aliphatic heterocycles. The van der Waals surface area contributed by atoms with Gasteiger partial charge in [0, 0.05) is 23.8 Å². The number of benzene rings is 1. The Hall–Kier alpha value is -2.12. The summed E-state index contributed by atoms with van der Waals surface area (Å²) in [5.74, 6) is 0. The standard InChI is InChI=1S/C14H16N4/c1-10(13-5-3-4-12(6-13)7-15)18-11(2)14-8-16-17-9-14/h3-6,8-11,18H,1-2H3,(H,16,17). The van der Waals surface area contributed by atoms with E-state index in [1.807, 2.05) is 36.7 Å². The zero-order chi connectivity index (χ0) is 13.0. The van der Waals surface area contributed by atoms with Crippen LogP contribution in [-0.2, 0) is 0 Å². The molecule has 1 heterocycles. The first-order valence-electron chi connectivity index (χ1n) is 5.95. The molecule has 0 aliphatic rings. The second-order valence-electron chi connectivity index (χ2n) is 4.38. The van der Waals surface area contributed by atoms with Crippen molar-refractivity contribution < 1.29 is 0 Å². The van der Waals surface area contributed by atoms with E-state index in [1.54, 1.807) is 0 Å². The number of nitriles is 1.